The fraction of sp³-hybridized carbons (Fsp3) is 0.480. The number of hydrogen-bond donors (Lipinski definition) is 0. The lowest BCUT2D eigenvalue weighted by atomic mass is 9.82. The van der Waals surface area contributed by atoms with Gasteiger partial charge in [0.15, 0.2) is 0 Å². The first kappa shape index (κ1) is 21.6. The SMILES string of the molecule is COc1ccc2c(c1)N1CCN(Cc3ccc(Cl)cc3)CC1C(C(=O)N1CCOCC1)C2. The lowest BCUT2D eigenvalue weighted by molar-refractivity contribution is -0.141. The number of morpholine rings is 1. The maximum Gasteiger partial charge on any atom is 0.228 e. The van der Waals surface area contributed by atoms with E-state index in [2.05, 4.69) is 34.1 Å². The number of hydrogen-bond acceptors (Lipinski definition) is 5. The van der Waals surface area contributed by atoms with Crippen LogP contribution in [0.15, 0.2) is 42.5 Å². The molecule has 3 heterocycles. The number of carbonyl (C=O) groups excluding carboxylic acids is 1. The number of piperazine rings is 1. The van der Waals surface area contributed by atoms with Gasteiger partial charge >= 0.3 is 0 Å². The molecule has 2 atom stereocenters. The highest BCUT2D eigenvalue weighted by molar-refractivity contribution is 6.30. The number of ether oxygens (including phenoxy) is 2. The third-order valence-electron chi connectivity index (χ3n) is 6.97. The van der Waals surface area contributed by atoms with Crippen molar-refractivity contribution in [2.24, 2.45) is 5.92 Å². The van der Waals surface area contributed by atoms with E-state index >= 15 is 0 Å². The molecule has 6 nitrogen and oxygen atoms in total. The van der Waals surface area contributed by atoms with Crippen LogP contribution in [0.25, 0.3) is 0 Å². The average molecular weight is 456 g/mol. The molecular formula is C25H30ClN3O3. The smallest absolute Gasteiger partial charge is 0.228 e. The van der Waals surface area contributed by atoms with E-state index in [0.29, 0.717) is 26.3 Å². The summed E-state index contributed by atoms with van der Waals surface area (Å²) in [5, 5.41) is 0.757. The van der Waals surface area contributed by atoms with Gasteiger partial charge in [-0.3, -0.25) is 9.69 Å². The highest BCUT2D eigenvalue weighted by Crippen LogP contribution is 2.39. The fourth-order valence-corrected chi connectivity index (χ4v) is 5.38. The Morgan fingerprint density at radius 2 is 1.88 bits per heavy atom. The van der Waals surface area contributed by atoms with Gasteiger partial charge in [-0.1, -0.05) is 29.8 Å². The lowest BCUT2D eigenvalue weighted by Gasteiger charge is -2.50. The van der Waals surface area contributed by atoms with Crippen molar-refractivity contribution in [2.75, 3.05) is 57.9 Å². The molecule has 0 radical (unpaired) electrons. The van der Waals surface area contributed by atoms with E-state index < -0.39 is 0 Å². The third kappa shape index (κ3) is 4.32. The molecule has 2 aromatic carbocycles. The van der Waals surface area contributed by atoms with Gasteiger partial charge in [-0.15, -0.1) is 0 Å². The Labute approximate surface area is 194 Å². The monoisotopic (exact) mass is 455 g/mol. The average Bonchev–Trinajstić information content (AvgIpc) is 2.84. The van der Waals surface area contributed by atoms with Crippen molar-refractivity contribution in [3.05, 3.63) is 58.6 Å². The zero-order valence-corrected chi connectivity index (χ0v) is 19.3. The standard InChI is InChI=1S/C25H30ClN3O3/c1-31-21-7-4-19-14-22(25(30)28-10-12-32-13-11-28)24-17-27(8-9-29(24)23(19)15-21)16-18-2-5-20(26)6-3-18/h2-7,15,22,24H,8-14,16-17H2,1H3. The summed E-state index contributed by atoms with van der Waals surface area (Å²) in [6.07, 6.45) is 0.769. The Bertz CT molecular complexity index is 961. The Balaban J connectivity index is 1.41. The predicted molar refractivity (Wildman–Crippen MR) is 125 cm³/mol. The summed E-state index contributed by atoms with van der Waals surface area (Å²) < 4.78 is 11.0. The van der Waals surface area contributed by atoms with E-state index in [-0.39, 0.29) is 17.9 Å². The Morgan fingerprint density at radius 1 is 1.09 bits per heavy atom. The van der Waals surface area contributed by atoms with E-state index in [1.54, 1.807) is 7.11 Å². The van der Waals surface area contributed by atoms with Crippen LogP contribution < -0.4 is 9.64 Å². The van der Waals surface area contributed by atoms with Gasteiger partial charge in [0, 0.05) is 56.0 Å². The molecule has 5 rings (SSSR count). The van der Waals surface area contributed by atoms with Crippen LogP contribution in [0.4, 0.5) is 5.69 Å². The van der Waals surface area contributed by atoms with Crippen molar-refractivity contribution in [3.8, 4) is 5.75 Å². The third-order valence-corrected chi connectivity index (χ3v) is 7.22. The van der Waals surface area contributed by atoms with Crippen molar-refractivity contribution < 1.29 is 14.3 Å². The minimum Gasteiger partial charge on any atom is -0.497 e. The number of rotatable bonds is 4. The van der Waals surface area contributed by atoms with Gasteiger partial charge in [0.05, 0.1) is 32.3 Å². The first-order valence-electron chi connectivity index (χ1n) is 11.4. The lowest BCUT2D eigenvalue weighted by Crippen LogP contribution is -2.61. The summed E-state index contributed by atoms with van der Waals surface area (Å²) in [5.74, 6) is 1.07. The molecule has 0 saturated carbocycles. The largest absolute Gasteiger partial charge is 0.497 e. The summed E-state index contributed by atoms with van der Waals surface area (Å²) in [6, 6.07) is 14.5. The van der Waals surface area contributed by atoms with Crippen molar-refractivity contribution >= 4 is 23.2 Å². The molecule has 3 aliphatic heterocycles. The molecule has 3 aliphatic rings. The number of methoxy groups -OCH3 is 1. The Hall–Kier alpha value is -2.28. The number of halogens is 1. The molecule has 2 aromatic rings. The molecule has 170 valence electrons. The molecule has 2 unspecified atom stereocenters. The van der Waals surface area contributed by atoms with Gasteiger partial charge in [0.25, 0.3) is 0 Å². The predicted octanol–water partition coefficient (Wildman–Crippen LogP) is 3.07. The topological polar surface area (TPSA) is 45.2 Å². The van der Waals surface area contributed by atoms with E-state index in [4.69, 9.17) is 21.1 Å². The van der Waals surface area contributed by atoms with Crippen LogP contribution in [0.3, 0.4) is 0 Å². The molecular weight excluding hydrogens is 426 g/mol. The second-order valence-electron chi connectivity index (χ2n) is 8.87. The number of carbonyl (C=O) groups is 1. The molecule has 0 aliphatic carbocycles. The maximum atomic E-state index is 13.6. The summed E-state index contributed by atoms with van der Waals surface area (Å²) in [4.78, 5) is 20.5. The van der Waals surface area contributed by atoms with Gasteiger partial charge in [-0.25, -0.2) is 0 Å². The molecule has 0 spiro atoms. The van der Waals surface area contributed by atoms with Crippen LogP contribution >= 0.6 is 11.6 Å². The summed E-state index contributed by atoms with van der Waals surface area (Å²) in [7, 11) is 1.71. The van der Waals surface area contributed by atoms with Gasteiger partial charge in [-0.2, -0.15) is 0 Å². The van der Waals surface area contributed by atoms with Crippen LogP contribution in [0.5, 0.6) is 5.75 Å². The minimum atomic E-state index is -0.0537. The van der Waals surface area contributed by atoms with Gasteiger partial charge in [0.1, 0.15) is 5.75 Å². The quantitative estimate of drug-likeness (QED) is 0.709. The number of anilines is 1. The molecule has 32 heavy (non-hydrogen) atoms. The van der Waals surface area contributed by atoms with E-state index in [1.807, 2.05) is 23.1 Å². The van der Waals surface area contributed by atoms with Crippen LogP contribution in [0.2, 0.25) is 5.02 Å². The van der Waals surface area contributed by atoms with Crippen LogP contribution in [-0.4, -0.2) is 74.8 Å². The first-order valence-corrected chi connectivity index (χ1v) is 11.8. The van der Waals surface area contributed by atoms with Gasteiger partial charge in [0.2, 0.25) is 5.91 Å². The molecule has 0 bridgehead atoms. The minimum absolute atomic E-state index is 0.0537. The second kappa shape index (κ2) is 9.30. The summed E-state index contributed by atoms with van der Waals surface area (Å²) in [5.41, 5.74) is 3.70. The molecule has 0 N–H and O–H groups in total. The van der Waals surface area contributed by atoms with Crippen molar-refractivity contribution in [1.82, 2.24) is 9.80 Å². The second-order valence-corrected chi connectivity index (χ2v) is 9.30. The van der Waals surface area contributed by atoms with E-state index in [1.165, 1.54) is 16.8 Å². The molecule has 2 saturated heterocycles. The van der Waals surface area contributed by atoms with Gasteiger partial charge in [-0.05, 0) is 35.7 Å². The Kier molecular flexibility index (Phi) is 6.26. The fourth-order valence-electron chi connectivity index (χ4n) is 5.26. The maximum absolute atomic E-state index is 13.6. The summed E-state index contributed by atoms with van der Waals surface area (Å²) in [6.45, 7) is 6.20. The van der Waals surface area contributed by atoms with Crippen molar-refractivity contribution in [3.63, 3.8) is 0 Å². The Morgan fingerprint density at radius 3 is 2.62 bits per heavy atom. The molecule has 0 aromatic heterocycles. The van der Waals surface area contributed by atoms with E-state index in [0.717, 1.165) is 43.4 Å². The molecule has 7 heteroatoms. The molecule has 1 amide bonds. The first-order chi connectivity index (χ1) is 15.6. The van der Waals surface area contributed by atoms with E-state index in [9.17, 15) is 4.79 Å². The van der Waals surface area contributed by atoms with Crippen molar-refractivity contribution in [2.45, 2.75) is 19.0 Å². The summed E-state index contributed by atoms with van der Waals surface area (Å²) >= 11 is 6.06. The van der Waals surface area contributed by atoms with Crippen LogP contribution in [0.1, 0.15) is 11.1 Å². The number of benzene rings is 2. The number of nitrogens with zero attached hydrogens (tertiary/aromatic N) is 3. The van der Waals surface area contributed by atoms with Crippen molar-refractivity contribution in [1.29, 1.82) is 0 Å². The highest BCUT2D eigenvalue weighted by Gasteiger charge is 2.43. The normalized spacial score (nSPS) is 23.4. The number of amides is 1. The highest BCUT2D eigenvalue weighted by atomic mass is 35.5. The van der Waals surface area contributed by atoms with Gasteiger partial charge < -0.3 is 19.3 Å². The van der Waals surface area contributed by atoms with Crippen LogP contribution in [-0.2, 0) is 22.5 Å². The van der Waals surface area contributed by atoms with Crippen LogP contribution in [0, 0.1) is 5.92 Å². The zero-order chi connectivity index (χ0) is 22.1. The molecule has 2 fully saturated rings. The zero-order valence-electron chi connectivity index (χ0n) is 18.5. The number of fused-ring (bicyclic) bond motifs is 3.